The first-order chi connectivity index (χ1) is 13.5. The van der Waals surface area contributed by atoms with E-state index in [1.54, 1.807) is 11.3 Å². The Morgan fingerprint density at radius 2 is 2.04 bits per heavy atom. The summed E-state index contributed by atoms with van der Waals surface area (Å²) in [5.41, 5.74) is 6.33. The van der Waals surface area contributed by atoms with E-state index in [2.05, 4.69) is 54.2 Å². The lowest BCUT2D eigenvalue weighted by Crippen LogP contribution is -2.25. The number of rotatable bonds is 4. The van der Waals surface area contributed by atoms with Crippen LogP contribution in [0.2, 0.25) is 0 Å². The molecule has 0 spiro atoms. The minimum absolute atomic E-state index is 0.0691. The lowest BCUT2D eigenvalue weighted by Gasteiger charge is -2.18. The Morgan fingerprint density at radius 3 is 2.82 bits per heavy atom. The molecule has 0 unspecified atom stereocenters. The number of nitrogens with zero attached hydrogens (tertiary/aromatic N) is 2. The van der Waals surface area contributed by atoms with E-state index >= 15 is 0 Å². The predicted octanol–water partition coefficient (Wildman–Crippen LogP) is 4.81. The molecule has 0 bridgehead atoms. The summed E-state index contributed by atoms with van der Waals surface area (Å²) in [7, 11) is 0. The second-order valence-corrected chi connectivity index (χ2v) is 7.82. The number of benzene rings is 2. The van der Waals surface area contributed by atoms with Crippen LogP contribution in [0.5, 0.6) is 5.75 Å². The molecule has 0 aliphatic carbocycles. The molecular weight excluding hydrogens is 370 g/mol. The highest BCUT2D eigenvalue weighted by Crippen LogP contribution is 2.33. The van der Waals surface area contributed by atoms with Crippen molar-refractivity contribution in [2.75, 3.05) is 11.9 Å². The summed E-state index contributed by atoms with van der Waals surface area (Å²) in [5.74, 6) is 0.586. The minimum atomic E-state index is -0.123. The van der Waals surface area contributed by atoms with Crippen molar-refractivity contribution in [3.05, 3.63) is 57.7 Å². The normalized spacial score (nSPS) is 13.8. The van der Waals surface area contributed by atoms with Gasteiger partial charge in [-0.15, -0.1) is 11.3 Å². The topological polar surface area (TPSA) is 55.6 Å². The number of anilines is 1. The summed E-state index contributed by atoms with van der Waals surface area (Å²) in [5, 5.41) is 5.01. The number of fused-ring (bicyclic) bond motifs is 1. The van der Waals surface area contributed by atoms with Gasteiger partial charge in [-0.05, 0) is 61.7 Å². The highest BCUT2D eigenvalue weighted by Gasteiger charge is 2.17. The van der Waals surface area contributed by atoms with Crippen molar-refractivity contribution in [2.45, 2.75) is 33.7 Å². The quantitative estimate of drug-likeness (QED) is 0.692. The van der Waals surface area contributed by atoms with Gasteiger partial charge in [0.05, 0.1) is 17.1 Å². The van der Waals surface area contributed by atoms with Crippen LogP contribution in [-0.4, -0.2) is 17.1 Å². The molecule has 1 aliphatic rings. The van der Waals surface area contributed by atoms with E-state index in [4.69, 9.17) is 9.73 Å². The highest BCUT2D eigenvalue weighted by atomic mass is 32.1. The number of carbonyl (C=O) groups excluding carboxylic acids is 1. The first-order valence-electron chi connectivity index (χ1n) is 9.42. The van der Waals surface area contributed by atoms with Gasteiger partial charge in [-0.3, -0.25) is 4.79 Å². The number of ether oxygens (including phenoxy) is 1. The molecule has 6 heteroatoms. The molecule has 0 fully saturated rings. The summed E-state index contributed by atoms with van der Waals surface area (Å²) < 4.78 is 7.72. The lowest BCUT2D eigenvalue weighted by atomic mass is 10.1. The summed E-state index contributed by atoms with van der Waals surface area (Å²) in [4.78, 5) is 17.5. The van der Waals surface area contributed by atoms with Crippen LogP contribution in [0, 0.1) is 13.8 Å². The van der Waals surface area contributed by atoms with Gasteiger partial charge < -0.3 is 14.6 Å². The minimum Gasteiger partial charge on any atom is -0.482 e. The maximum Gasteiger partial charge on any atom is 0.262 e. The van der Waals surface area contributed by atoms with Crippen molar-refractivity contribution in [1.82, 2.24) is 4.57 Å². The van der Waals surface area contributed by atoms with Gasteiger partial charge in [0.25, 0.3) is 5.91 Å². The summed E-state index contributed by atoms with van der Waals surface area (Å²) in [6.45, 7) is 7.33. The molecule has 5 nitrogen and oxygen atoms in total. The van der Waals surface area contributed by atoms with Gasteiger partial charge in [0, 0.05) is 17.5 Å². The molecule has 28 heavy (non-hydrogen) atoms. The Labute approximate surface area is 168 Å². The third kappa shape index (κ3) is 3.60. The number of hydrogen-bond donors (Lipinski definition) is 1. The van der Waals surface area contributed by atoms with Crippen LogP contribution in [0.3, 0.4) is 0 Å². The number of thiazole rings is 1. The van der Waals surface area contributed by atoms with Crippen LogP contribution in [0.15, 0.2) is 46.8 Å². The van der Waals surface area contributed by atoms with Crippen molar-refractivity contribution in [3.8, 4) is 17.0 Å². The summed E-state index contributed by atoms with van der Waals surface area (Å²) in [6.07, 6.45) is 1.01. The number of aryl methyl sites for hydroxylation is 2. The van der Waals surface area contributed by atoms with E-state index in [1.807, 2.05) is 18.2 Å². The SMILES string of the molecule is CCCn1c(-c2ccc3c(c2)NC(=O)CO3)csc1=Nc1ccc(C)c(C)c1. The zero-order valence-electron chi connectivity index (χ0n) is 16.3. The molecule has 4 rings (SSSR count). The fourth-order valence-corrected chi connectivity index (χ4v) is 4.19. The summed E-state index contributed by atoms with van der Waals surface area (Å²) >= 11 is 1.63. The van der Waals surface area contributed by atoms with Crippen LogP contribution in [0.1, 0.15) is 24.5 Å². The molecule has 2 heterocycles. The molecule has 3 aromatic rings. The monoisotopic (exact) mass is 393 g/mol. The van der Waals surface area contributed by atoms with Crippen molar-refractivity contribution in [3.63, 3.8) is 0 Å². The standard InChI is InChI=1S/C22H23N3O2S/c1-4-9-25-19(16-6-8-20-18(11-16)24-21(26)12-27-20)13-28-22(25)23-17-7-5-14(2)15(3)10-17/h5-8,10-11,13H,4,9,12H2,1-3H3,(H,24,26). The van der Waals surface area contributed by atoms with Crippen LogP contribution < -0.4 is 14.9 Å². The number of nitrogens with one attached hydrogen (secondary N) is 1. The first-order valence-corrected chi connectivity index (χ1v) is 10.3. The summed E-state index contributed by atoms with van der Waals surface area (Å²) in [6, 6.07) is 12.2. The lowest BCUT2D eigenvalue weighted by molar-refractivity contribution is -0.118. The molecular formula is C22H23N3O2S. The highest BCUT2D eigenvalue weighted by molar-refractivity contribution is 7.07. The third-order valence-electron chi connectivity index (χ3n) is 4.87. The zero-order chi connectivity index (χ0) is 19.7. The van der Waals surface area contributed by atoms with Crippen molar-refractivity contribution in [2.24, 2.45) is 4.99 Å². The Bertz CT molecular complexity index is 1110. The average Bonchev–Trinajstić information content (AvgIpc) is 3.07. The van der Waals surface area contributed by atoms with Gasteiger partial charge in [-0.2, -0.15) is 0 Å². The van der Waals surface area contributed by atoms with Gasteiger partial charge in [0.15, 0.2) is 11.4 Å². The number of hydrogen-bond acceptors (Lipinski definition) is 4. The molecule has 2 aromatic carbocycles. The fourth-order valence-electron chi connectivity index (χ4n) is 3.24. The van der Waals surface area contributed by atoms with E-state index in [0.717, 1.165) is 40.4 Å². The van der Waals surface area contributed by atoms with Gasteiger partial charge >= 0.3 is 0 Å². The van der Waals surface area contributed by atoms with Crippen LogP contribution >= 0.6 is 11.3 Å². The average molecular weight is 394 g/mol. The largest absolute Gasteiger partial charge is 0.482 e. The molecule has 0 radical (unpaired) electrons. The van der Waals surface area contributed by atoms with E-state index in [-0.39, 0.29) is 12.5 Å². The second kappa shape index (κ2) is 7.64. The number of amides is 1. The molecule has 0 saturated heterocycles. The van der Waals surface area contributed by atoms with Crippen LogP contribution in [0.25, 0.3) is 11.3 Å². The van der Waals surface area contributed by atoms with E-state index in [0.29, 0.717) is 5.75 Å². The fraction of sp³-hybridized carbons (Fsp3) is 0.273. The molecule has 1 N–H and O–H groups in total. The Morgan fingerprint density at radius 1 is 1.18 bits per heavy atom. The van der Waals surface area contributed by atoms with Crippen LogP contribution in [0.4, 0.5) is 11.4 Å². The third-order valence-corrected chi connectivity index (χ3v) is 5.73. The maximum atomic E-state index is 11.6. The molecule has 1 amide bonds. The maximum absolute atomic E-state index is 11.6. The Kier molecular flexibility index (Phi) is 5.05. The molecule has 1 aromatic heterocycles. The molecule has 0 saturated carbocycles. The van der Waals surface area contributed by atoms with E-state index in [1.165, 1.54) is 11.1 Å². The Hall–Kier alpha value is -2.86. The van der Waals surface area contributed by atoms with Crippen molar-refractivity contribution >= 4 is 28.6 Å². The van der Waals surface area contributed by atoms with Gasteiger partial charge in [-0.1, -0.05) is 13.0 Å². The first kappa shape index (κ1) is 18.5. The zero-order valence-corrected chi connectivity index (χ0v) is 17.1. The number of carbonyl (C=O) groups is 1. The smallest absolute Gasteiger partial charge is 0.262 e. The Balaban J connectivity index is 1.79. The van der Waals surface area contributed by atoms with Crippen LogP contribution in [-0.2, 0) is 11.3 Å². The van der Waals surface area contributed by atoms with E-state index in [9.17, 15) is 4.79 Å². The van der Waals surface area contributed by atoms with Gasteiger partial charge in [-0.25, -0.2) is 4.99 Å². The van der Waals surface area contributed by atoms with Crippen molar-refractivity contribution in [1.29, 1.82) is 0 Å². The molecule has 1 aliphatic heterocycles. The van der Waals surface area contributed by atoms with Gasteiger partial charge in [0.2, 0.25) is 0 Å². The molecule has 0 atom stereocenters. The number of aromatic nitrogens is 1. The second-order valence-electron chi connectivity index (χ2n) is 6.98. The van der Waals surface area contributed by atoms with Crippen molar-refractivity contribution < 1.29 is 9.53 Å². The predicted molar refractivity (Wildman–Crippen MR) is 113 cm³/mol. The van der Waals surface area contributed by atoms with Gasteiger partial charge in [0.1, 0.15) is 5.75 Å². The molecule has 144 valence electrons. The van der Waals surface area contributed by atoms with E-state index < -0.39 is 0 Å².